The highest BCUT2D eigenvalue weighted by atomic mass is 35.5. The minimum absolute atomic E-state index is 0.0955. The molecule has 0 unspecified atom stereocenters. The summed E-state index contributed by atoms with van der Waals surface area (Å²) in [5.41, 5.74) is -5.34. The van der Waals surface area contributed by atoms with Crippen LogP contribution in [-0.4, -0.2) is 48.3 Å². The zero-order valence-electron chi connectivity index (χ0n) is 13.6. The second kappa shape index (κ2) is 8.70. The molecule has 2 aromatic rings. The van der Waals surface area contributed by atoms with Crippen LogP contribution >= 0.6 is 11.6 Å². The summed E-state index contributed by atoms with van der Waals surface area (Å²) in [4.78, 5) is 0. The smallest absolute Gasteiger partial charge is 0.472 e. The van der Waals surface area contributed by atoms with Gasteiger partial charge in [0.1, 0.15) is 18.1 Å². The quantitative estimate of drug-likeness (QED) is 0.209. The molecule has 0 atom stereocenters. The van der Waals surface area contributed by atoms with E-state index in [-0.39, 0.29) is 28.7 Å². The first kappa shape index (κ1) is 21.8. The van der Waals surface area contributed by atoms with Gasteiger partial charge in [0.25, 0.3) is 5.88 Å². The number of alkyl halides is 3. The Kier molecular flexibility index (Phi) is 6.79. The molecule has 0 amide bonds. The van der Waals surface area contributed by atoms with Crippen LogP contribution in [0.2, 0.25) is 5.02 Å². The Morgan fingerprint density at radius 3 is 2.68 bits per heavy atom. The van der Waals surface area contributed by atoms with E-state index in [1.807, 2.05) is 0 Å². The number of ether oxygens (including phenoxy) is 1. The molecule has 0 bridgehead atoms. The average molecular weight is 447 g/mol. The second-order valence-electron chi connectivity index (χ2n) is 5.08. The molecule has 0 spiro atoms. The van der Waals surface area contributed by atoms with Crippen LogP contribution in [0, 0.1) is 5.82 Å². The largest absolute Gasteiger partial charge is 0.511 e. The molecule has 0 aliphatic carbocycles. The minimum Gasteiger partial charge on any atom is -0.472 e. The van der Waals surface area contributed by atoms with Crippen LogP contribution in [0.4, 0.5) is 17.6 Å². The van der Waals surface area contributed by atoms with Gasteiger partial charge in [0.2, 0.25) is 0 Å². The molecule has 0 aliphatic heterocycles. The fraction of sp³-hybridized carbons (Fsp3) is 0.308. The van der Waals surface area contributed by atoms with Crippen molar-refractivity contribution >= 4 is 27.3 Å². The van der Waals surface area contributed by atoms with Crippen LogP contribution in [0.5, 0.6) is 5.88 Å². The van der Waals surface area contributed by atoms with E-state index >= 15 is 0 Å². The summed E-state index contributed by atoms with van der Waals surface area (Å²) in [5, 5.41) is 18.8. The summed E-state index contributed by atoms with van der Waals surface area (Å²) in [6.07, 6.45) is -0.0955. The fourth-order valence-electron chi connectivity index (χ4n) is 1.87. The highest BCUT2D eigenvalue weighted by Gasteiger charge is 2.45. The van der Waals surface area contributed by atoms with Crippen LogP contribution in [0.3, 0.4) is 0 Å². The zero-order chi connectivity index (χ0) is 20.9. The van der Waals surface area contributed by atoms with E-state index in [1.54, 1.807) is 0 Å². The number of nitrogens with zero attached hydrogens (tertiary/aromatic N) is 3. The molecule has 1 heterocycles. The molecule has 0 saturated heterocycles. The van der Waals surface area contributed by atoms with Crippen molar-refractivity contribution in [1.82, 2.24) is 15.0 Å². The number of sulfonamides is 1. The summed E-state index contributed by atoms with van der Waals surface area (Å²) in [6.45, 7) is -1.29. The molecule has 1 aromatic heterocycles. The molecular weight excluding hydrogens is 436 g/mol. The number of benzene rings is 1. The van der Waals surface area contributed by atoms with E-state index in [9.17, 15) is 31.2 Å². The van der Waals surface area contributed by atoms with E-state index in [4.69, 9.17) is 16.3 Å². The molecular formula is C13H11ClF4N4O5S. The Labute approximate surface area is 159 Å². The van der Waals surface area contributed by atoms with Crippen molar-refractivity contribution in [1.29, 1.82) is 0 Å². The fourth-order valence-corrected chi connectivity index (χ4v) is 2.59. The van der Waals surface area contributed by atoms with Crippen molar-refractivity contribution in [2.24, 2.45) is 5.16 Å². The third-order valence-corrected chi connectivity index (χ3v) is 4.63. The lowest BCUT2D eigenvalue weighted by molar-refractivity contribution is -0.0448. The van der Waals surface area contributed by atoms with E-state index in [0.29, 0.717) is 5.56 Å². The highest BCUT2D eigenvalue weighted by Crippen LogP contribution is 2.22. The van der Waals surface area contributed by atoms with Gasteiger partial charge in [-0.05, 0) is 28.0 Å². The van der Waals surface area contributed by atoms with Crippen molar-refractivity contribution in [3.63, 3.8) is 0 Å². The first-order valence-corrected chi connectivity index (χ1v) is 9.08. The first-order valence-electron chi connectivity index (χ1n) is 7.21. The summed E-state index contributed by atoms with van der Waals surface area (Å²) < 4.78 is 82.3. The lowest BCUT2D eigenvalue weighted by Gasteiger charge is -2.09. The van der Waals surface area contributed by atoms with Gasteiger partial charge in [-0.2, -0.15) is 13.2 Å². The minimum atomic E-state index is -5.51. The third-order valence-electron chi connectivity index (χ3n) is 3.15. The van der Waals surface area contributed by atoms with Crippen molar-refractivity contribution in [3.05, 3.63) is 40.3 Å². The number of halogens is 5. The molecule has 15 heteroatoms. The number of hydrogen-bond donors (Lipinski definition) is 2. The van der Waals surface area contributed by atoms with Crippen LogP contribution in [-0.2, 0) is 16.4 Å². The Hall–Kier alpha value is -2.45. The summed E-state index contributed by atoms with van der Waals surface area (Å²) in [5.74, 6) is -1.01. The van der Waals surface area contributed by atoms with Crippen LogP contribution in [0.1, 0.15) is 11.3 Å². The van der Waals surface area contributed by atoms with E-state index in [2.05, 4.69) is 20.1 Å². The summed E-state index contributed by atoms with van der Waals surface area (Å²) in [6, 6.07) is 3.74. The van der Waals surface area contributed by atoms with Gasteiger partial charge in [-0.1, -0.05) is 22.8 Å². The lowest BCUT2D eigenvalue weighted by atomic mass is 10.1. The lowest BCUT2D eigenvalue weighted by Crippen LogP contribution is -2.38. The van der Waals surface area contributed by atoms with Crippen molar-refractivity contribution in [2.45, 2.75) is 11.9 Å². The SMILES string of the molecule is O=S(=O)(NCCOc1nonc1C(Cc1ccc(F)c(Cl)c1)=NO)C(F)(F)F. The Bertz CT molecular complexity index is 964. The predicted molar refractivity (Wildman–Crippen MR) is 86.2 cm³/mol. The molecule has 0 aliphatic rings. The van der Waals surface area contributed by atoms with Gasteiger partial charge in [-0.15, -0.1) is 0 Å². The number of oxime groups is 1. The van der Waals surface area contributed by atoms with Crippen LogP contribution in [0.15, 0.2) is 28.0 Å². The molecule has 0 fully saturated rings. The van der Waals surface area contributed by atoms with Crippen LogP contribution < -0.4 is 9.46 Å². The van der Waals surface area contributed by atoms with E-state index in [1.165, 1.54) is 16.9 Å². The van der Waals surface area contributed by atoms with Crippen LogP contribution in [0.25, 0.3) is 0 Å². The Morgan fingerprint density at radius 2 is 2.07 bits per heavy atom. The average Bonchev–Trinajstić information content (AvgIpc) is 3.07. The molecule has 2 rings (SSSR count). The molecule has 154 valence electrons. The van der Waals surface area contributed by atoms with Crippen molar-refractivity contribution in [2.75, 3.05) is 13.2 Å². The topological polar surface area (TPSA) is 127 Å². The monoisotopic (exact) mass is 446 g/mol. The Balaban J connectivity index is 2.02. The van der Waals surface area contributed by atoms with Crippen molar-refractivity contribution in [3.8, 4) is 5.88 Å². The molecule has 0 saturated carbocycles. The normalized spacial score (nSPS) is 13.0. The predicted octanol–water partition coefficient (Wildman–Crippen LogP) is 2.10. The van der Waals surface area contributed by atoms with E-state index < -0.39 is 34.5 Å². The molecule has 1 aromatic carbocycles. The third kappa shape index (κ3) is 5.30. The summed E-state index contributed by atoms with van der Waals surface area (Å²) in [7, 11) is -5.51. The van der Waals surface area contributed by atoms with Gasteiger partial charge in [0.05, 0.1) is 5.02 Å². The molecule has 2 N–H and O–H groups in total. The van der Waals surface area contributed by atoms with Gasteiger partial charge < -0.3 is 9.94 Å². The maximum absolute atomic E-state index is 13.2. The molecule has 0 radical (unpaired) electrons. The standard InChI is InChI=1S/C13H11ClF4N4O5S/c14-8-5-7(1-2-9(8)15)6-10(20-23)11-12(22-27-21-11)26-4-3-19-28(24,25)13(16,17)18/h1-2,5,19,23H,3-4,6H2. The van der Waals surface area contributed by atoms with Gasteiger partial charge in [-0.3, -0.25) is 0 Å². The van der Waals surface area contributed by atoms with Gasteiger partial charge >= 0.3 is 15.5 Å². The summed E-state index contributed by atoms with van der Waals surface area (Å²) >= 11 is 5.67. The number of rotatable bonds is 8. The first-order chi connectivity index (χ1) is 13.0. The van der Waals surface area contributed by atoms with Gasteiger partial charge in [0.15, 0.2) is 5.69 Å². The van der Waals surface area contributed by atoms with Gasteiger partial charge in [0, 0.05) is 13.0 Å². The molecule has 28 heavy (non-hydrogen) atoms. The maximum atomic E-state index is 13.2. The molecule has 9 nitrogen and oxygen atoms in total. The highest BCUT2D eigenvalue weighted by molar-refractivity contribution is 7.90. The zero-order valence-corrected chi connectivity index (χ0v) is 15.1. The van der Waals surface area contributed by atoms with Crippen molar-refractivity contribution < 1.29 is 40.6 Å². The Morgan fingerprint density at radius 1 is 1.36 bits per heavy atom. The van der Waals surface area contributed by atoms with E-state index in [0.717, 1.165) is 6.07 Å². The number of hydrogen-bond acceptors (Lipinski definition) is 8. The number of aromatic nitrogens is 2. The second-order valence-corrected chi connectivity index (χ2v) is 7.25. The number of nitrogens with one attached hydrogen (secondary N) is 1. The van der Waals surface area contributed by atoms with Gasteiger partial charge in [-0.25, -0.2) is 22.2 Å². The maximum Gasteiger partial charge on any atom is 0.511 e.